The third-order valence-corrected chi connectivity index (χ3v) is 7.40. The first-order valence-electron chi connectivity index (χ1n) is 13.0. The number of anilines is 1. The van der Waals surface area contributed by atoms with Crippen LogP contribution in [0.15, 0.2) is 42.6 Å². The van der Waals surface area contributed by atoms with Gasteiger partial charge in [-0.2, -0.15) is 0 Å². The van der Waals surface area contributed by atoms with Gasteiger partial charge in [-0.1, -0.05) is 29.8 Å². The lowest BCUT2D eigenvalue weighted by atomic mass is 10.0. The Labute approximate surface area is 231 Å². The fraction of sp³-hybridized carbons (Fsp3) is 0.393. The van der Waals surface area contributed by atoms with E-state index in [4.69, 9.17) is 16.3 Å². The van der Waals surface area contributed by atoms with Crippen molar-refractivity contribution in [3.05, 3.63) is 70.1 Å². The molecule has 3 N–H and O–H groups in total. The van der Waals surface area contributed by atoms with Crippen molar-refractivity contribution in [1.29, 1.82) is 0 Å². The van der Waals surface area contributed by atoms with Gasteiger partial charge in [0, 0.05) is 42.6 Å². The van der Waals surface area contributed by atoms with Crippen molar-refractivity contribution >= 4 is 29.4 Å². The van der Waals surface area contributed by atoms with E-state index < -0.39 is 12.1 Å². The van der Waals surface area contributed by atoms with Gasteiger partial charge in [0.05, 0.1) is 35.3 Å². The van der Waals surface area contributed by atoms with E-state index >= 15 is 0 Å². The van der Waals surface area contributed by atoms with Gasteiger partial charge in [-0.25, -0.2) is 9.97 Å². The van der Waals surface area contributed by atoms with Crippen LogP contribution in [0.5, 0.6) is 0 Å². The van der Waals surface area contributed by atoms with Gasteiger partial charge in [0.25, 0.3) is 5.91 Å². The SMILES string of the molecule is Cc1cccc([C@@H](CO)NC(=O)C(C)N2Cc3ccc(-c4nc(NC5CCOCC5)ncc4Cl)cc3C2=O)n1. The summed E-state index contributed by atoms with van der Waals surface area (Å²) in [5, 5.41) is 16.4. The molecule has 204 valence electrons. The van der Waals surface area contributed by atoms with E-state index in [-0.39, 0.29) is 24.5 Å². The summed E-state index contributed by atoms with van der Waals surface area (Å²) in [5.74, 6) is -0.155. The number of hydrogen-bond acceptors (Lipinski definition) is 8. The fourth-order valence-electron chi connectivity index (χ4n) is 4.85. The molecular weight excluding hydrogens is 520 g/mol. The molecule has 1 aromatic carbocycles. The van der Waals surface area contributed by atoms with Gasteiger partial charge in [-0.15, -0.1) is 0 Å². The lowest BCUT2D eigenvalue weighted by molar-refractivity contribution is -0.126. The van der Waals surface area contributed by atoms with Crippen molar-refractivity contribution in [3.63, 3.8) is 0 Å². The largest absolute Gasteiger partial charge is 0.394 e. The van der Waals surface area contributed by atoms with Crippen LogP contribution in [0.4, 0.5) is 5.95 Å². The topological polar surface area (TPSA) is 130 Å². The Hall–Kier alpha value is -3.60. The van der Waals surface area contributed by atoms with Gasteiger partial charge in [-0.3, -0.25) is 14.6 Å². The molecule has 5 rings (SSSR count). The number of rotatable bonds is 8. The summed E-state index contributed by atoms with van der Waals surface area (Å²) in [6.07, 6.45) is 3.30. The van der Waals surface area contributed by atoms with Crippen LogP contribution in [0.3, 0.4) is 0 Å². The quantitative estimate of drug-likeness (QED) is 0.389. The number of aryl methyl sites for hydroxylation is 1. The van der Waals surface area contributed by atoms with E-state index in [1.54, 1.807) is 25.3 Å². The normalized spacial score (nSPS) is 17.0. The van der Waals surface area contributed by atoms with E-state index in [0.29, 0.717) is 53.2 Å². The van der Waals surface area contributed by atoms with Crippen LogP contribution in [0, 0.1) is 6.92 Å². The predicted molar refractivity (Wildman–Crippen MR) is 146 cm³/mol. The van der Waals surface area contributed by atoms with Gasteiger partial charge in [0.2, 0.25) is 11.9 Å². The molecule has 0 bridgehead atoms. The summed E-state index contributed by atoms with van der Waals surface area (Å²) in [6.45, 7) is 4.90. The van der Waals surface area contributed by atoms with Crippen LogP contribution in [0.25, 0.3) is 11.3 Å². The number of carbonyl (C=O) groups is 2. The first-order valence-corrected chi connectivity index (χ1v) is 13.4. The monoisotopic (exact) mass is 550 g/mol. The summed E-state index contributed by atoms with van der Waals surface area (Å²) in [5.41, 5.74) is 3.87. The molecule has 0 saturated carbocycles. The minimum absolute atomic E-state index is 0.225. The number of ether oxygens (including phenoxy) is 1. The molecular formula is C28H31ClN6O4. The van der Waals surface area contributed by atoms with Crippen molar-refractivity contribution in [2.24, 2.45) is 0 Å². The second-order valence-electron chi connectivity index (χ2n) is 9.85. The Bertz CT molecular complexity index is 1380. The molecule has 0 aliphatic carbocycles. The number of aliphatic hydroxyl groups is 1. The second kappa shape index (κ2) is 11.6. The van der Waals surface area contributed by atoms with Crippen LogP contribution in [-0.2, 0) is 16.1 Å². The number of pyridine rings is 1. The maximum absolute atomic E-state index is 13.4. The number of halogens is 1. The second-order valence-corrected chi connectivity index (χ2v) is 10.3. The van der Waals surface area contributed by atoms with Crippen molar-refractivity contribution in [2.75, 3.05) is 25.1 Å². The number of carbonyl (C=O) groups excluding carboxylic acids is 2. The number of nitrogens with zero attached hydrogens (tertiary/aromatic N) is 4. The maximum atomic E-state index is 13.4. The molecule has 0 radical (unpaired) electrons. The Morgan fingerprint density at radius 1 is 1.23 bits per heavy atom. The van der Waals surface area contributed by atoms with E-state index in [0.717, 1.165) is 24.1 Å². The number of hydrogen-bond donors (Lipinski definition) is 3. The molecule has 3 aromatic rings. The average Bonchev–Trinajstić information content (AvgIpc) is 3.28. The molecule has 10 nitrogen and oxygen atoms in total. The molecule has 1 saturated heterocycles. The smallest absolute Gasteiger partial charge is 0.255 e. The lowest BCUT2D eigenvalue weighted by Gasteiger charge is -2.25. The molecule has 11 heteroatoms. The maximum Gasteiger partial charge on any atom is 0.255 e. The molecule has 2 aliphatic heterocycles. The van der Waals surface area contributed by atoms with Crippen LogP contribution in [0.2, 0.25) is 5.02 Å². The van der Waals surface area contributed by atoms with Crippen LogP contribution in [-0.4, -0.2) is 68.7 Å². The number of nitrogens with one attached hydrogen (secondary N) is 2. The van der Waals surface area contributed by atoms with Crippen molar-refractivity contribution in [1.82, 2.24) is 25.2 Å². The number of aromatic nitrogens is 3. The number of aliphatic hydroxyl groups excluding tert-OH is 1. The predicted octanol–water partition coefficient (Wildman–Crippen LogP) is 3.29. The van der Waals surface area contributed by atoms with E-state index in [1.165, 1.54) is 4.90 Å². The Morgan fingerprint density at radius 3 is 2.77 bits per heavy atom. The molecule has 1 fully saturated rings. The molecule has 2 aromatic heterocycles. The van der Waals surface area contributed by atoms with E-state index in [9.17, 15) is 14.7 Å². The molecule has 2 amide bonds. The summed E-state index contributed by atoms with van der Waals surface area (Å²) < 4.78 is 5.41. The summed E-state index contributed by atoms with van der Waals surface area (Å²) in [6, 6.07) is 9.71. The zero-order valence-electron chi connectivity index (χ0n) is 21.9. The van der Waals surface area contributed by atoms with Crippen molar-refractivity contribution < 1.29 is 19.4 Å². The minimum atomic E-state index is -0.759. The third-order valence-electron chi connectivity index (χ3n) is 7.13. The summed E-state index contributed by atoms with van der Waals surface area (Å²) >= 11 is 6.46. The highest BCUT2D eigenvalue weighted by atomic mass is 35.5. The third kappa shape index (κ3) is 5.88. The highest BCUT2D eigenvalue weighted by molar-refractivity contribution is 6.33. The summed E-state index contributed by atoms with van der Waals surface area (Å²) in [7, 11) is 0. The van der Waals surface area contributed by atoms with Crippen LogP contribution in [0.1, 0.15) is 53.1 Å². The molecule has 39 heavy (non-hydrogen) atoms. The number of fused-ring (bicyclic) bond motifs is 1. The number of benzene rings is 1. The van der Waals surface area contributed by atoms with Gasteiger partial charge in [0.1, 0.15) is 6.04 Å². The molecule has 2 aliphatic rings. The highest BCUT2D eigenvalue weighted by Crippen LogP contribution is 2.32. The highest BCUT2D eigenvalue weighted by Gasteiger charge is 2.35. The first kappa shape index (κ1) is 27.0. The van der Waals surface area contributed by atoms with Gasteiger partial charge >= 0.3 is 0 Å². The Balaban J connectivity index is 1.31. The molecule has 2 atom stereocenters. The fourth-order valence-corrected chi connectivity index (χ4v) is 5.05. The zero-order valence-corrected chi connectivity index (χ0v) is 22.6. The Kier molecular flexibility index (Phi) is 8.06. The summed E-state index contributed by atoms with van der Waals surface area (Å²) in [4.78, 5) is 41.4. The average molecular weight is 551 g/mol. The molecule has 0 spiro atoms. The van der Waals surface area contributed by atoms with Gasteiger partial charge < -0.3 is 25.4 Å². The van der Waals surface area contributed by atoms with Crippen LogP contribution >= 0.6 is 11.6 Å². The Morgan fingerprint density at radius 2 is 2.03 bits per heavy atom. The van der Waals surface area contributed by atoms with E-state index in [2.05, 4.69) is 25.6 Å². The van der Waals surface area contributed by atoms with Gasteiger partial charge in [0.15, 0.2) is 0 Å². The molecule has 4 heterocycles. The lowest BCUT2D eigenvalue weighted by Crippen LogP contribution is -2.46. The molecule has 1 unspecified atom stereocenters. The number of amides is 2. The van der Waals surface area contributed by atoms with Gasteiger partial charge in [-0.05, 0) is 50.5 Å². The van der Waals surface area contributed by atoms with Crippen LogP contribution < -0.4 is 10.6 Å². The first-order chi connectivity index (χ1) is 18.8. The zero-order chi connectivity index (χ0) is 27.5. The minimum Gasteiger partial charge on any atom is -0.394 e. The standard InChI is InChI=1S/C28H31ClN6O4/c1-16-4-3-5-23(31-16)24(15-36)33-26(37)17(2)35-14-19-7-6-18(12-21(19)27(35)38)25-22(29)13-30-28(34-25)32-20-8-10-39-11-9-20/h3-7,12-13,17,20,24,36H,8-11,14-15H2,1-2H3,(H,33,37)(H,30,32,34)/t17?,24-/m1/s1. The van der Waals surface area contributed by atoms with Crippen molar-refractivity contribution in [2.45, 2.75) is 51.4 Å². The van der Waals surface area contributed by atoms with E-state index in [1.807, 2.05) is 31.2 Å². The van der Waals surface area contributed by atoms with Crippen molar-refractivity contribution in [3.8, 4) is 11.3 Å².